The summed E-state index contributed by atoms with van der Waals surface area (Å²) in [5.74, 6) is 0.806. The van der Waals surface area contributed by atoms with E-state index >= 15 is 0 Å². The number of hydrogen-bond acceptors (Lipinski definition) is 2. The minimum Gasteiger partial charge on any atom is -0.381 e. The second-order valence-electron chi connectivity index (χ2n) is 5.22. The SMILES string of the molecule is CC.CCN(CCCOCCCC(C)C)C(C)C. The largest absolute Gasteiger partial charge is 0.381 e. The van der Waals surface area contributed by atoms with E-state index in [4.69, 9.17) is 4.74 Å². The lowest BCUT2D eigenvalue weighted by atomic mass is 10.1. The molecular weight excluding hydrogens is 222 g/mol. The van der Waals surface area contributed by atoms with Gasteiger partial charge in [-0.15, -0.1) is 0 Å². The van der Waals surface area contributed by atoms with Gasteiger partial charge in [0.1, 0.15) is 0 Å². The predicted octanol–water partition coefficient (Wildman–Crippen LogP) is 4.59. The zero-order chi connectivity index (χ0) is 14.4. The van der Waals surface area contributed by atoms with Gasteiger partial charge in [-0.2, -0.15) is 0 Å². The van der Waals surface area contributed by atoms with Crippen molar-refractivity contribution in [3.8, 4) is 0 Å². The minimum absolute atomic E-state index is 0.658. The van der Waals surface area contributed by atoms with Crippen molar-refractivity contribution >= 4 is 0 Å². The predicted molar refractivity (Wildman–Crippen MR) is 83.2 cm³/mol. The van der Waals surface area contributed by atoms with Gasteiger partial charge in [-0.3, -0.25) is 0 Å². The van der Waals surface area contributed by atoms with E-state index in [2.05, 4.69) is 39.5 Å². The maximum atomic E-state index is 5.63. The van der Waals surface area contributed by atoms with E-state index in [0.29, 0.717) is 6.04 Å². The topological polar surface area (TPSA) is 12.5 Å². The summed E-state index contributed by atoms with van der Waals surface area (Å²) in [6.45, 7) is 19.4. The van der Waals surface area contributed by atoms with Crippen LogP contribution in [0.4, 0.5) is 0 Å². The van der Waals surface area contributed by atoms with Crippen molar-refractivity contribution in [2.24, 2.45) is 5.92 Å². The van der Waals surface area contributed by atoms with Crippen LogP contribution in [0.2, 0.25) is 0 Å². The lowest BCUT2D eigenvalue weighted by Gasteiger charge is -2.24. The number of rotatable bonds is 10. The molecule has 0 aromatic heterocycles. The Bertz CT molecular complexity index is 146. The molecule has 0 N–H and O–H groups in total. The summed E-state index contributed by atoms with van der Waals surface area (Å²) in [5, 5.41) is 0. The lowest BCUT2D eigenvalue weighted by molar-refractivity contribution is 0.111. The monoisotopic (exact) mass is 259 g/mol. The third-order valence-corrected chi connectivity index (χ3v) is 2.94. The highest BCUT2D eigenvalue weighted by Crippen LogP contribution is 2.03. The van der Waals surface area contributed by atoms with Crippen molar-refractivity contribution < 1.29 is 4.74 Å². The average molecular weight is 259 g/mol. The van der Waals surface area contributed by atoms with E-state index in [9.17, 15) is 0 Å². The van der Waals surface area contributed by atoms with Crippen LogP contribution in [-0.4, -0.2) is 37.2 Å². The van der Waals surface area contributed by atoms with Crippen LogP contribution in [0.25, 0.3) is 0 Å². The van der Waals surface area contributed by atoms with Crippen molar-refractivity contribution in [3.63, 3.8) is 0 Å². The Morgan fingerprint density at radius 2 is 1.50 bits per heavy atom. The molecule has 0 fully saturated rings. The van der Waals surface area contributed by atoms with Gasteiger partial charge < -0.3 is 9.64 Å². The smallest absolute Gasteiger partial charge is 0.0478 e. The first-order chi connectivity index (χ1) is 8.57. The Kier molecular flexibility index (Phi) is 16.8. The van der Waals surface area contributed by atoms with Crippen molar-refractivity contribution in [1.82, 2.24) is 4.90 Å². The third kappa shape index (κ3) is 14.0. The van der Waals surface area contributed by atoms with E-state index in [0.717, 1.165) is 32.1 Å². The van der Waals surface area contributed by atoms with Crippen LogP contribution in [0.5, 0.6) is 0 Å². The average Bonchev–Trinajstić information content (AvgIpc) is 2.34. The van der Waals surface area contributed by atoms with Crippen LogP contribution in [-0.2, 0) is 4.74 Å². The van der Waals surface area contributed by atoms with E-state index < -0.39 is 0 Å². The van der Waals surface area contributed by atoms with Crippen LogP contribution >= 0.6 is 0 Å². The molecule has 18 heavy (non-hydrogen) atoms. The first-order valence-corrected chi connectivity index (χ1v) is 7.89. The van der Waals surface area contributed by atoms with Gasteiger partial charge in [-0.25, -0.2) is 0 Å². The molecule has 0 saturated carbocycles. The quantitative estimate of drug-likeness (QED) is 0.532. The Balaban J connectivity index is 0. The van der Waals surface area contributed by atoms with E-state index in [1.54, 1.807) is 0 Å². The minimum atomic E-state index is 0.658. The van der Waals surface area contributed by atoms with Crippen molar-refractivity contribution in [2.75, 3.05) is 26.3 Å². The van der Waals surface area contributed by atoms with Crippen molar-refractivity contribution in [1.29, 1.82) is 0 Å². The molecule has 0 aliphatic heterocycles. The summed E-state index contributed by atoms with van der Waals surface area (Å²) >= 11 is 0. The fraction of sp³-hybridized carbons (Fsp3) is 1.00. The van der Waals surface area contributed by atoms with Gasteiger partial charge >= 0.3 is 0 Å². The molecule has 0 unspecified atom stereocenters. The second-order valence-corrected chi connectivity index (χ2v) is 5.22. The zero-order valence-electron chi connectivity index (χ0n) is 14.0. The van der Waals surface area contributed by atoms with Gasteiger partial charge in [0, 0.05) is 25.8 Å². The highest BCUT2D eigenvalue weighted by molar-refractivity contribution is 4.59. The summed E-state index contributed by atoms with van der Waals surface area (Å²) in [6, 6.07) is 0.658. The molecule has 0 radical (unpaired) electrons. The highest BCUT2D eigenvalue weighted by atomic mass is 16.5. The van der Waals surface area contributed by atoms with Gasteiger partial charge in [0.25, 0.3) is 0 Å². The first-order valence-electron chi connectivity index (χ1n) is 7.89. The Morgan fingerprint density at radius 3 is 1.94 bits per heavy atom. The summed E-state index contributed by atoms with van der Waals surface area (Å²) in [6.07, 6.45) is 3.65. The zero-order valence-corrected chi connectivity index (χ0v) is 14.0. The molecule has 0 atom stereocenters. The van der Waals surface area contributed by atoms with Gasteiger partial charge in [0.05, 0.1) is 0 Å². The molecule has 0 rings (SSSR count). The molecule has 0 aliphatic carbocycles. The van der Waals surface area contributed by atoms with Crippen LogP contribution in [0.1, 0.15) is 67.7 Å². The van der Waals surface area contributed by atoms with Gasteiger partial charge in [-0.1, -0.05) is 34.6 Å². The fourth-order valence-corrected chi connectivity index (χ4v) is 1.85. The number of nitrogens with zero attached hydrogens (tertiary/aromatic N) is 1. The molecule has 0 aromatic carbocycles. The third-order valence-electron chi connectivity index (χ3n) is 2.94. The summed E-state index contributed by atoms with van der Waals surface area (Å²) in [7, 11) is 0. The second kappa shape index (κ2) is 15.0. The maximum Gasteiger partial charge on any atom is 0.0478 e. The van der Waals surface area contributed by atoms with Crippen LogP contribution < -0.4 is 0 Å². The Hall–Kier alpha value is -0.0800. The molecule has 2 heteroatoms. The molecule has 112 valence electrons. The van der Waals surface area contributed by atoms with Crippen LogP contribution in [0.3, 0.4) is 0 Å². The first kappa shape index (κ1) is 20.2. The maximum absolute atomic E-state index is 5.63. The summed E-state index contributed by atoms with van der Waals surface area (Å²) in [4.78, 5) is 2.48. The van der Waals surface area contributed by atoms with Crippen molar-refractivity contribution in [2.45, 2.75) is 73.8 Å². The summed E-state index contributed by atoms with van der Waals surface area (Å²) in [5.41, 5.74) is 0. The van der Waals surface area contributed by atoms with Crippen molar-refractivity contribution in [3.05, 3.63) is 0 Å². The van der Waals surface area contributed by atoms with E-state index in [-0.39, 0.29) is 0 Å². The molecule has 0 aromatic rings. The van der Waals surface area contributed by atoms with Crippen LogP contribution in [0, 0.1) is 5.92 Å². The standard InChI is InChI=1S/C14H31NO.C2H6/c1-6-15(14(4)5)10-8-12-16-11-7-9-13(2)3;1-2/h13-14H,6-12H2,1-5H3;1-2H3. The summed E-state index contributed by atoms with van der Waals surface area (Å²) < 4.78 is 5.63. The molecule has 0 saturated heterocycles. The number of hydrogen-bond donors (Lipinski definition) is 0. The molecule has 0 aliphatic rings. The molecule has 0 spiro atoms. The molecule has 2 nitrogen and oxygen atoms in total. The molecular formula is C16H37NO. The van der Waals surface area contributed by atoms with Crippen LogP contribution in [0.15, 0.2) is 0 Å². The molecule has 0 heterocycles. The van der Waals surface area contributed by atoms with Gasteiger partial charge in [-0.05, 0) is 45.6 Å². The van der Waals surface area contributed by atoms with E-state index in [1.807, 2.05) is 13.8 Å². The van der Waals surface area contributed by atoms with Gasteiger partial charge in [0.2, 0.25) is 0 Å². The molecule has 0 amide bonds. The Morgan fingerprint density at radius 1 is 0.944 bits per heavy atom. The normalized spacial score (nSPS) is 11.0. The van der Waals surface area contributed by atoms with E-state index in [1.165, 1.54) is 19.4 Å². The highest BCUT2D eigenvalue weighted by Gasteiger charge is 2.05. The number of ether oxygens (including phenoxy) is 1. The Labute approximate surface area is 116 Å². The lowest BCUT2D eigenvalue weighted by Crippen LogP contribution is -2.32. The molecule has 0 bridgehead atoms. The fourth-order valence-electron chi connectivity index (χ4n) is 1.85. The van der Waals surface area contributed by atoms with Gasteiger partial charge in [0.15, 0.2) is 0 Å².